The van der Waals surface area contributed by atoms with Gasteiger partial charge >= 0.3 is 0 Å². The zero-order valence-electron chi connectivity index (χ0n) is 12.0. The second kappa shape index (κ2) is 5.65. The minimum atomic E-state index is 0.113. The molecular weight excluding hydrogens is 256 g/mol. The van der Waals surface area contributed by atoms with Gasteiger partial charge in [0.15, 0.2) is 0 Å². The van der Waals surface area contributed by atoms with E-state index in [1.54, 1.807) is 0 Å². The van der Waals surface area contributed by atoms with E-state index in [9.17, 15) is 4.79 Å². The molecule has 1 heterocycles. The van der Waals surface area contributed by atoms with Crippen LogP contribution in [0.2, 0.25) is 0 Å². The summed E-state index contributed by atoms with van der Waals surface area (Å²) in [6.45, 7) is 1.96. The molecule has 1 atom stereocenters. The molecule has 3 aliphatic rings. The van der Waals surface area contributed by atoms with Crippen molar-refractivity contribution in [2.75, 3.05) is 19.3 Å². The van der Waals surface area contributed by atoms with E-state index in [1.165, 1.54) is 44.9 Å². The zero-order valence-corrected chi connectivity index (χ0v) is 12.8. The van der Waals surface area contributed by atoms with Gasteiger partial charge in [-0.3, -0.25) is 4.79 Å². The van der Waals surface area contributed by atoms with Gasteiger partial charge in [0.1, 0.15) is 0 Å². The molecule has 1 aliphatic heterocycles. The van der Waals surface area contributed by atoms with Crippen LogP contribution in [0.25, 0.3) is 0 Å². The summed E-state index contributed by atoms with van der Waals surface area (Å²) in [7, 11) is 0. The van der Waals surface area contributed by atoms with Crippen molar-refractivity contribution in [2.24, 2.45) is 0 Å². The fraction of sp³-hybridized carbons (Fsp3) is 0.933. The lowest BCUT2D eigenvalue weighted by molar-refractivity contribution is -0.136. The minimum Gasteiger partial charge on any atom is -0.340 e. The zero-order chi connectivity index (χ0) is 13.3. The number of amides is 1. The van der Waals surface area contributed by atoms with Crippen molar-refractivity contribution in [2.45, 2.75) is 68.2 Å². The molecule has 2 aliphatic carbocycles. The smallest absolute Gasteiger partial charge is 0.239 e. The van der Waals surface area contributed by atoms with E-state index in [0.717, 1.165) is 19.5 Å². The summed E-state index contributed by atoms with van der Waals surface area (Å²) in [5.41, 5.74) is 0. The van der Waals surface area contributed by atoms with Crippen LogP contribution in [0, 0.1) is 0 Å². The van der Waals surface area contributed by atoms with Crippen LogP contribution in [0.1, 0.15) is 51.4 Å². The summed E-state index contributed by atoms with van der Waals surface area (Å²) in [5.74, 6) is 0.374. The van der Waals surface area contributed by atoms with Crippen molar-refractivity contribution in [3.05, 3.63) is 0 Å². The first-order valence-electron chi connectivity index (χ1n) is 7.82. The molecule has 4 heteroatoms. The molecule has 0 radical (unpaired) electrons. The number of nitrogens with one attached hydrogen (secondary N) is 1. The van der Waals surface area contributed by atoms with Gasteiger partial charge in [0.25, 0.3) is 0 Å². The predicted molar refractivity (Wildman–Crippen MR) is 80.5 cm³/mol. The number of hydrogen-bond acceptors (Lipinski definition) is 3. The highest BCUT2D eigenvalue weighted by Gasteiger charge is 2.39. The molecule has 108 valence electrons. The molecule has 0 aromatic carbocycles. The van der Waals surface area contributed by atoms with Gasteiger partial charge < -0.3 is 10.2 Å². The van der Waals surface area contributed by atoms with E-state index in [1.807, 2.05) is 11.8 Å². The lowest BCUT2D eigenvalue weighted by Gasteiger charge is -2.39. The molecule has 3 nitrogen and oxygen atoms in total. The van der Waals surface area contributed by atoms with Crippen LogP contribution in [-0.2, 0) is 4.79 Å². The van der Waals surface area contributed by atoms with E-state index >= 15 is 0 Å². The van der Waals surface area contributed by atoms with Gasteiger partial charge in [-0.15, -0.1) is 0 Å². The topological polar surface area (TPSA) is 32.3 Å². The Morgan fingerprint density at radius 3 is 2.63 bits per heavy atom. The molecule has 19 heavy (non-hydrogen) atoms. The molecule has 1 unspecified atom stereocenters. The molecular formula is C15H26N2OS. The molecule has 1 saturated heterocycles. The lowest BCUT2D eigenvalue weighted by Crippen LogP contribution is -2.54. The summed E-state index contributed by atoms with van der Waals surface area (Å²) in [5, 5.41) is 3.53. The van der Waals surface area contributed by atoms with Crippen molar-refractivity contribution >= 4 is 17.7 Å². The highest BCUT2D eigenvalue weighted by atomic mass is 32.2. The summed E-state index contributed by atoms with van der Waals surface area (Å²) in [6.07, 6.45) is 12.2. The van der Waals surface area contributed by atoms with Crippen LogP contribution in [-0.4, -0.2) is 47.0 Å². The van der Waals surface area contributed by atoms with Crippen molar-refractivity contribution < 1.29 is 4.79 Å². The molecule has 1 N–H and O–H groups in total. The molecule has 0 spiro atoms. The van der Waals surface area contributed by atoms with Gasteiger partial charge in [-0.2, -0.15) is 11.8 Å². The number of carbonyl (C=O) groups excluding carboxylic acids is 1. The van der Waals surface area contributed by atoms with Gasteiger partial charge in [-0.25, -0.2) is 0 Å². The Hall–Kier alpha value is -0.220. The average molecular weight is 282 g/mol. The first-order chi connectivity index (χ1) is 9.22. The first-order valence-corrected chi connectivity index (χ1v) is 9.05. The third-order valence-electron chi connectivity index (χ3n) is 4.97. The molecule has 2 saturated carbocycles. The van der Waals surface area contributed by atoms with Gasteiger partial charge in [0.05, 0.1) is 6.04 Å². The van der Waals surface area contributed by atoms with Crippen molar-refractivity contribution in [1.82, 2.24) is 10.2 Å². The van der Waals surface area contributed by atoms with Crippen LogP contribution in [0.4, 0.5) is 0 Å². The Balaban J connectivity index is 1.61. The third-order valence-corrected chi connectivity index (χ3v) is 6.38. The SMILES string of the molecule is CSC1(CN2CCCC(NC3CC3)C2=O)CCCC1. The van der Waals surface area contributed by atoms with E-state index in [0.29, 0.717) is 16.7 Å². The highest BCUT2D eigenvalue weighted by Crippen LogP contribution is 2.41. The molecule has 1 amide bonds. The van der Waals surface area contributed by atoms with E-state index < -0.39 is 0 Å². The number of likely N-dealkylation sites (tertiary alicyclic amines) is 1. The Bertz CT molecular complexity index is 337. The van der Waals surface area contributed by atoms with Crippen molar-refractivity contribution in [1.29, 1.82) is 0 Å². The fourth-order valence-corrected chi connectivity index (χ4v) is 4.56. The Labute approximate surface area is 120 Å². The molecule has 3 rings (SSSR count). The standard InChI is InChI=1S/C15H26N2OS/c1-19-15(8-2-3-9-15)11-17-10-4-5-13(14(17)18)16-12-6-7-12/h12-13,16H,2-11H2,1H3. The largest absolute Gasteiger partial charge is 0.340 e. The predicted octanol–water partition coefficient (Wildman–Crippen LogP) is 2.41. The van der Waals surface area contributed by atoms with Crippen LogP contribution >= 0.6 is 11.8 Å². The lowest BCUT2D eigenvalue weighted by atomic mass is 10.0. The molecule has 0 aromatic heterocycles. The maximum absolute atomic E-state index is 12.6. The third kappa shape index (κ3) is 3.10. The molecule has 0 aromatic rings. The fourth-order valence-electron chi connectivity index (χ4n) is 3.58. The average Bonchev–Trinajstić information content (AvgIpc) is 3.11. The van der Waals surface area contributed by atoms with Gasteiger partial charge in [0, 0.05) is 23.9 Å². The number of piperidine rings is 1. The Morgan fingerprint density at radius 2 is 2.00 bits per heavy atom. The number of rotatable bonds is 5. The highest BCUT2D eigenvalue weighted by molar-refractivity contribution is 8.00. The number of hydrogen-bond donors (Lipinski definition) is 1. The number of carbonyl (C=O) groups is 1. The summed E-state index contributed by atoms with van der Waals surface area (Å²) in [6, 6.07) is 0.747. The molecule has 0 bridgehead atoms. The van der Waals surface area contributed by atoms with Crippen LogP contribution in [0.15, 0.2) is 0 Å². The maximum atomic E-state index is 12.6. The van der Waals surface area contributed by atoms with Crippen molar-refractivity contribution in [3.8, 4) is 0 Å². The van der Waals surface area contributed by atoms with Crippen LogP contribution in [0.3, 0.4) is 0 Å². The molecule has 3 fully saturated rings. The summed E-state index contributed by atoms with van der Waals surface area (Å²) >= 11 is 1.99. The van der Waals surface area contributed by atoms with E-state index in [4.69, 9.17) is 0 Å². The second-order valence-corrected chi connectivity index (χ2v) is 7.76. The number of thioether (sulfide) groups is 1. The first kappa shape index (κ1) is 13.7. The Morgan fingerprint density at radius 1 is 1.26 bits per heavy atom. The Kier molecular flexibility index (Phi) is 4.08. The monoisotopic (exact) mass is 282 g/mol. The van der Waals surface area contributed by atoms with Crippen molar-refractivity contribution in [3.63, 3.8) is 0 Å². The normalized spacial score (nSPS) is 30.9. The van der Waals surface area contributed by atoms with Crippen LogP contribution < -0.4 is 5.32 Å². The summed E-state index contributed by atoms with van der Waals surface area (Å²) in [4.78, 5) is 14.7. The number of nitrogens with zero attached hydrogens (tertiary/aromatic N) is 1. The minimum absolute atomic E-state index is 0.113. The van der Waals surface area contributed by atoms with Gasteiger partial charge in [0.2, 0.25) is 5.91 Å². The van der Waals surface area contributed by atoms with Gasteiger partial charge in [-0.05, 0) is 44.8 Å². The van der Waals surface area contributed by atoms with E-state index in [2.05, 4.69) is 16.5 Å². The maximum Gasteiger partial charge on any atom is 0.239 e. The summed E-state index contributed by atoms with van der Waals surface area (Å²) < 4.78 is 0.358. The second-order valence-electron chi connectivity index (χ2n) is 6.49. The van der Waals surface area contributed by atoms with E-state index in [-0.39, 0.29) is 6.04 Å². The van der Waals surface area contributed by atoms with Crippen LogP contribution in [0.5, 0.6) is 0 Å². The quantitative estimate of drug-likeness (QED) is 0.840. The van der Waals surface area contributed by atoms with Gasteiger partial charge in [-0.1, -0.05) is 12.8 Å².